The van der Waals surface area contributed by atoms with Crippen molar-refractivity contribution in [2.75, 3.05) is 0 Å². The molecule has 0 saturated carbocycles. The normalized spacial score (nSPS) is 11.9. The summed E-state index contributed by atoms with van der Waals surface area (Å²) in [5.74, 6) is 0. The zero-order valence-electron chi connectivity index (χ0n) is 7.75. The van der Waals surface area contributed by atoms with Gasteiger partial charge in [0.25, 0.3) is 0 Å². The van der Waals surface area contributed by atoms with Crippen molar-refractivity contribution in [1.29, 1.82) is 0 Å². The maximum absolute atomic E-state index is 12.1. The number of fused-ring (bicyclic) bond motifs is 1. The van der Waals surface area contributed by atoms with Crippen molar-refractivity contribution < 1.29 is 13.2 Å². The van der Waals surface area contributed by atoms with Crippen LogP contribution in [0.4, 0.5) is 13.2 Å². The summed E-state index contributed by atoms with van der Waals surface area (Å²) in [5.41, 5.74) is 0.841. The summed E-state index contributed by atoms with van der Waals surface area (Å²) < 4.78 is 36.4. The third-order valence-electron chi connectivity index (χ3n) is 2.07. The fourth-order valence-electron chi connectivity index (χ4n) is 1.45. The van der Waals surface area contributed by atoms with Gasteiger partial charge in [0.2, 0.25) is 0 Å². The van der Waals surface area contributed by atoms with E-state index in [1.165, 1.54) is 12.1 Å². The molecular weight excluding hydrogens is 203 g/mol. The Morgan fingerprint density at radius 3 is 2.67 bits per heavy atom. The van der Waals surface area contributed by atoms with Crippen molar-refractivity contribution in [3.8, 4) is 0 Å². The SMILES string of the molecule is FC(F)(F)Cc1ccc2cccnc2c1. The molecule has 0 atom stereocenters. The van der Waals surface area contributed by atoms with E-state index in [4.69, 9.17) is 0 Å². The largest absolute Gasteiger partial charge is 0.393 e. The molecule has 2 aromatic rings. The molecule has 15 heavy (non-hydrogen) atoms. The molecule has 0 aliphatic carbocycles. The molecule has 1 nitrogen and oxygen atoms in total. The second-order valence-electron chi connectivity index (χ2n) is 3.32. The van der Waals surface area contributed by atoms with Crippen molar-refractivity contribution in [3.05, 3.63) is 42.1 Å². The smallest absolute Gasteiger partial charge is 0.256 e. The van der Waals surface area contributed by atoms with Gasteiger partial charge in [0, 0.05) is 11.6 Å². The number of nitrogens with zero attached hydrogens (tertiary/aromatic N) is 1. The van der Waals surface area contributed by atoms with Crippen LogP contribution in [0.25, 0.3) is 10.9 Å². The third-order valence-corrected chi connectivity index (χ3v) is 2.07. The highest BCUT2D eigenvalue weighted by atomic mass is 19.4. The average Bonchev–Trinajstić information content (AvgIpc) is 2.15. The summed E-state index contributed by atoms with van der Waals surface area (Å²) in [4.78, 5) is 4.00. The van der Waals surface area contributed by atoms with Crippen LogP contribution < -0.4 is 0 Å². The van der Waals surface area contributed by atoms with Crippen molar-refractivity contribution in [2.45, 2.75) is 12.6 Å². The predicted molar refractivity (Wildman–Crippen MR) is 51.5 cm³/mol. The Labute approximate surface area is 84.6 Å². The van der Waals surface area contributed by atoms with Gasteiger partial charge in [-0.25, -0.2) is 0 Å². The van der Waals surface area contributed by atoms with Gasteiger partial charge in [-0.3, -0.25) is 4.98 Å². The van der Waals surface area contributed by atoms with Crippen LogP contribution in [0.1, 0.15) is 5.56 Å². The molecular formula is C11H8F3N. The Hall–Kier alpha value is -1.58. The van der Waals surface area contributed by atoms with Crippen molar-refractivity contribution >= 4 is 10.9 Å². The number of aromatic nitrogens is 1. The fourth-order valence-corrected chi connectivity index (χ4v) is 1.45. The lowest BCUT2D eigenvalue weighted by Gasteiger charge is -2.06. The molecule has 0 aliphatic rings. The standard InChI is InChI=1S/C11H8F3N/c12-11(13,14)7-8-3-4-9-2-1-5-15-10(9)6-8/h1-6H,7H2. The fraction of sp³-hybridized carbons (Fsp3) is 0.182. The van der Waals surface area contributed by atoms with Gasteiger partial charge in [-0.1, -0.05) is 18.2 Å². The van der Waals surface area contributed by atoms with E-state index in [0.29, 0.717) is 5.52 Å². The third kappa shape index (κ3) is 2.46. The van der Waals surface area contributed by atoms with Crippen LogP contribution in [-0.2, 0) is 6.42 Å². The van der Waals surface area contributed by atoms with Crippen LogP contribution in [0.2, 0.25) is 0 Å². The molecule has 0 fully saturated rings. The Morgan fingerprint density at radius 1 is 1.13 bits per heavy atom. The minimum absolute atomic E-state index is 0.244. The van der Waals surface area contributed by atoms with Crippen LogP contribution in [0, 0.1) is 0 Å². The van der Waals surface area contributed by atoms with E-state index in [0.717, 1.165) is 5.39 Å². The Kier molecular flexibility index (Phi) is 2.34. The lowest BCUT2D eigenvalue weighted by molar-refractivity contribution is -0.127. The van der Waals surface area contributed by atoms with Gasteiger partial charge in [0.1, 0.15) is 0 Å². The Balaban J connectivity index is 2.39. The first-order valence-corrected chi connectivity index (χ1v) is 4.45. The molecule has 4 heteroatoms. The molecule has 0 amide bonds. The monoisotopic (exact) mass is 211 g/mol. The number of alkyl halides is 3. The predicted octanol–water partition coefficient (Wildman–Crippen LogP) is 3.34. The van der Waals surface area contributed by atoms with Crippen molar-refractivity contribution in [2.24, 2.45) is 0 Å². The molecule has 0 spiro atoms. The number of benzene rings is 1. The lowest BCUT2D eigenvalue weighted by atomic mass is 10.1. The summed E-state index contributed by atoms with van der Waals surface area (Å²) in [6.45, 7) is 0. The number of halogens is 3. The Bertz CT molecular complexity index is 476. The van der Waals surface area contributed by atoms with E-state index >= 15 is 0 Å². The quantitative estimate of drug-likeness (QED) is 0.704. The van der Waals surface area contributed by atoms with Gasteiger partial charge in [0.05, 0.1) is 11.9 Å². The van der Waals surface area contributed by atoms with E-state index in [1.54, 1.807) is 18.3 Å². The van der Waals surface area contributed by atoms with Crippen LogP contribution in [0.3, 0.4) is 0 Å². The Morgan fingerprint density at radius 2 is 1.93 bits per heavy atom. The first-order chi connectivity index (χ1) is 7.04. The van der Waals surface area contributed by atoms with E-state index < -0.39 is 12.6 Å². The van der Waals surface area contributed by atoms with Gasteiger partial charge < -0.3 is 0 Å². The molecule has 0 unspecified atom stereocenters. The first kappa shape index (κ1) is 9.96. The van der Waals surface area contributed by atoms with Crippen LogP contribution in [-0.4, -0.2) is 11.2 Å². The molecule has 2 rings (SSSR count). The highest BCUT2D eigenvalue weighted by Gasteiger charge is 2.27. The molecule has 0 bridgehead atoms. The van der Waals surface area contributed by atoms with Gasteiger partial charge in [0.15, 0.2) is 0 Å². The van der Waals surface area contributed by atoms with Crippen molar-refractivity contribution in [1.82, 2.24) is 4.98 Å². The summed E-state index contributed by atoms with van der Waals surface area (Å²) in [7, 11) is 0. The zero-order valence-corrected chi connectivity index (χ0v) is 7.75. The summed E-state index contributed by atoms with van der Waals surface area (Å²) in [5, 5.41) is 0.850. The molecule has 0 aliphatic heterocycles. The first-order valence-electron chi connectivity index (χ1n) is 4.45. The van der Waals surface area contributed by atoms with Crippen LogP contribution in [0.5, 0.6) is 0 Å². The number of pyridine rings is 1. The minimum Gasteiger partial charge on any atom is -0.256 e. The maximum atomic E-state index is 12.1. The summed E-state index contributed by atoms with van der Waals surface area (Å²) in [6.07, 6.45) is -3.50. The van der Waals surface area contributed by atoms with E-state index in [-0.39, 0.29) is 5.56 Å². The molecule has 1 heterocycles. The maximum Gasteiger partial charge on any atom is 0.393 e. The topological polar surface area (TPSA) is 12.9 Å². The lowest BCUT2D eigenvalue weighted by Crippen LogP contribution is -2.11. The highest BCUT2D eigenvalue weighted by Crippen LogP contribution is 2.23. The molecule has 0 radical (unpaired) electrons. The van der Waals surface area contributed by atoms with Gasteiger partial charge in [-0.05, 0) is 17.7 Å². The molecule has 0 saturated heterocycles. The van der Waals surface area contributed by atoms with E-state index in [1.807, 2.05) is 6.07 Å². The van der Waals surface area contributed by atoms with E-state index in [9.17, 15) is 13.2 Å². The summed E-state index contributed by atoms with van der Waals surface area (Å²) >= 11 is 0. The van der Waals surface area contributed by atoms with Crippen molar-refractivity contribution in [3.63, 3.8) is 0 Å². The van der Waals surface area contributed by atoms with Gasteiger partial charge in [-0.2, -0.15) is 13.2 Å². The summed E-state index contributed by atoms with van der Waals surface area (Å²) in [6, 6.07) is 8.19. The molecule has 1 aromatic heterocycles. The highest BCUT2D eigenvalue weighted by molar-refractivity contribution is 5.78. The van der Waals surface area contributed by atoms with Crippen LogP contribution in [0.15, 0.2) is 36.5 Å². The van der Waals surface area contributed by atoms with E-state index in [2.05, 4.69) is 4.98 Å². The second-order valence-corrected chi connectivity index (χ2v) is 3.32. The molecule has 1 aromatic carbocycles. The molecule has 78 valence electrons. The van der Waals surface area contributed by atoms with Gasteiger partial charge >= 0.3 is 6.18 Å². The minimum atomic E-state index is -4.16. The molecule has 0 N–H and O–H groups in total. The van der Waals surface area contributed by atoms with Gasteiger partial charge in [-0.15, -0.1) is 0 Å². The van der Waals surface area contributed by atoms with Crippen LogP contribution >= 0.6 is 0 Å². The zero-order chi connectivity index (χ0) is 10.9. The number of hydrogen-bond acceptors (Lipinski definition) is 1. The number of hydrogen-bond donors (Lipinski definition) is 0. The second kappa shape index (κ2) is 3.53. The number of rotatable bonds is 1. The average molecular weight is 211 g/mol.